The fourth-order valence-electron chi connectivity index (χ4n) is 1.45. The number of para-hydroxylation sites is 1. The van der Waals surface area contributed by atoms with Gasteiger partial charge in [-0.2, -0.15) is 0 Å². The molecule has 0 unspecified atom stereocenters. The number of fused-ring (bicyclic) bond motifs is 1. The minimum absolute atomic E-state index is 0.332. The number of aryl methyl sites for hydroxylation is 1. The van der Waals surface area contributed by atoms with Gasteiger partial charge in [0.2, 0.25) is 0 Å². The van der Waals surface area contributed by atoms with Gasteiger partial charge in [0.15, 0.2) is 0 Å². The number of hydrogen-bond donors (Lipinski definition) is 0. The van der Waals surface area contributed by atoms with Crippen molar-refractivity contribution in [1.82, 2.24) is 0 Å². The van der Waals surface area contributed by atoms with Crippen molar-refractivity contribution in [2.75, 3.05) is 5.33 Å². The summed E-state index contributed by atoms with van der Waals surface area (Å²) in [6, 6.07) is 5.94. The summed E-state index contributed by atoms with van der Waals surface area (Å²) in [5.74, 6) is 3.32. The fraction of sp³-hybridized carbons (Fsp3) is 0.200. The lowest BCUT2D eigenvalue weighted by atomic mass is 9.92. The summed E-state index contributed by atoms with van der Waals surface area (Å²) in [7, 11) is -0.332. The summed E-state index contributed by atoms with van der Waals surface area (Å²) in [5, 5.41) is 0.922. The molecular formula is C10H10BBrO2. The molecule has 1 heterocycles. The molecule has 1 aromatic rings. The topological polar surface area (TPSA) is 18.5 Å². The molecule has 1 aromatic carbocycles. The molecule has 0 amide bonds. The zero-order valence-corrected chi connectivity index (χ0v) is 9.29. The maximum Gasteiger partial charge on any atom is 0.624 e. The van der Waals surface area contributed by atoms with Crippen molar-refractivity contribution in [3.05, 3.63) is 36.3 Å². The van der Waals surface area contributed by atoms with Crippen LogP contribution in [-0.4, -0.2) is 12.4 Å². The third kappa shape index (κ3) is 1.66. The zero-order chi connectivity index (χ0) is 9.97. The quantitative estimate of drug-likeness (QED) is 0.608. The number of hydrogen-bond acceptors (Lipinski definition) is 2. The van der Waals surface area contributed by atoms with Gasteiger partial charge in [-0.25, -0.2) is 0 Å². The van der Waals surface area contributed by atoms with Crippen LogP contribution in [-0.2, 0) is 6.42 Å². The number of halogens is 1. The fourth-order valence-corrected chi connectivity index (χ4v) is 1.88. The van der Waals surface area contributed by atoms with E-state index in [9.17, 15) is 0 Å². The van der Waals surface area contributed by atoms with E-state index in [1.54, 1.807) is 5.98 Å². The van der Waals surface area contributed by atoms with E-state index in [1.165, 1.54) is 5.56 Å². The smallest absolute Gasteiger partial charge is 0.520 e. The highest BCUT2D eigenvalue weighted by Crippen LogP contribution is 2.37. The highest BCUT2D eigenvalue weighted by molar-refractivity contribution is 9.09. The van der Waals surface area contributed by atoms with Gasteiger partial charge in [0.05, 0.1) is 0 Å². The first-order valence-corrected chi connectivity index (χ1v) is 5.61. The van der Waals surface area contributed by atoms with E-state index in [0.29, 0.717) is 0 Å². The minimum atomic E-state index is -0.332. The van der Waals surface area contributed by atoms with Gasteiger partial charge in [0, 0.05) is 5.33 Å². The molecule has 2 nitrogen and oxygen atoms in total. The SMILES string of the molecule is C=CB1Oc2cccc(CCBr)c2O1. The number of alkyl halides is 1. The van der Waals surface area contributed by atoms with Gasteiger partial charge in [-0.05, 0) is 24.0 Å². The molecule has 1 aliphatic heterocycles. The Balaban J connectivity index is 2.31. The van der Waals surface area contributed by atoms with Crippen molar-refractivity contribution in [3.8, 4) is 11.5 Å². The van der Waals surface area contributed by atoms with Crippen LogP contribution in [0.15, 0.2) is 30.8 Å². The van der Waals surface area contributed by atoms with Crippen LogP contribution in [0, 0.1) is 0 Å². The number of rotatable bonds is 3. The van der Waals surface area contributed by atoms with Crippen molar-refractivity contribution < 1.29 is 9.31 Å². The molecule has 2 rings (SSSR count). The summed E-state index contributed by atoms with van der Waals surface area (Å²) in [5.41, 5.74) is 1.17. The first kappa shape index (κ1) is 9.65. The van der Waals surface area contributed by atoms with E-state index in [4.69, 9.17) is 9.31 Å². The van der Waals surface area contributed by atoms with Gasteiger partial charge in [-0.1, -0.05) is 28.1 Å². The zero-order valence-electron chi connectivity index (χ0n) is 7.70. The van der Waals surface area contributed by atoms with Crippen LogP contribution >= 0.6 is 15.9 Å². The van der Waals surface area contributed by atoms with E-state index < -0.39 is 0 Å². The summed E-state index contributed by atoms with van der Waals surface area (Å²) in [6.07, 6.45) is 0.941. The predicted octanol–water partition coefficient (Wildman–Crippen LogP) is 2.61. The average Bonchev–Trinajstić information content (AvgIpc) is 2.62. The van der Waals surface area contributed by atoms with Gasteiger partial charge < -0.3 is 9.31 Å². The standard InChI is InChI=1S/C10H10BBrO2/c1-2-11-13-9-5-3-4-8(6-7-12)10(9)14-11/h2-5H,1,6-7H2. The summed E-state index contributed by atoms with van der Waals surface area (Å²) >= 11 is 3.41. The Morgan fingerprint density at radius 3 is 3.00 bits per heavy atom. The Bertz CT molecular complexity index is 354. The lowest BCUT2D eigenvalue weighted by Gasteiger charge is -2.04. The molecular weight excluding hydrogens is 243 g/mol. The second-order valence-corrected chi connectivity index (χ2v) is 3.82. The molecule has 0 spiro atoms. The van der Waals surface area contributed by atoms with Gasteiger partial charge in [0.25, 0.3) is 0 Å². The highest BCUT2D eigenvalue weighted by atomic mass is 79.9. The molecule has 72 valence electrons. The third-order valence-corrected chi connectivity index (χ3v) is 2.49. The van der Waals surface area contributed by atoms with Crippen molar-refractivity contribution in [2.45, 2.75) is 6.42 Å². The lowest BCUT2D eigenvalue weighted by Crippen LogP contribution is -2.20. The van der Waals surface area contributed by atoms with Crippen LogP contribution in [0.1, 0.15) is 5.56 Å². The molecule has 0 N–H and O–H groups in total. The van der Waals surface area contributed by atoms with Gasteiger partial charge in [-0.15, -0.1) is 6.58 Å². The van der Waals surface area contributed by atoms with Gasteiger partial charge in [0.1, 0.15) is 11.5 Å². The van der Waals surface area contributed by atoms with Crippen molar-refractivity contribution in [1.29, 1.82) is 0 Å². The average molecular weight is 253 g/mol. The second-order valence-electron chi connectivity index (χ2n) is 3.02. The first-order valence-electron chi connectivity index (χ1n) is 4.49. The maximum atomic E-state index is 5.58. The molecule has 0 saturated carbocycles. The summed E-state index contributed by atoms with van der Waals surface area (Å²) < 4.78 is 11.1. The first-order chi connectivity index (χ1) is 6.85. The molecule has 1 aliphatic rings. The van der Waals surface area contributed by atoms with Crippen molar-refractivity contribution in [2.24, 2.45) is 0 Å². The Labute approximate surface area is 92.2 Å². The normalized spacial score (nSPS) is 13.1. The number of benzene rings is 1. The van der Waals surface area contributed by atoms with E-state index in [1.807, 2.05) is 12.1 Å². The van der Waals surface area contributed by atoms with Gasteiger partial charge >= 0.3 is 7.12 Å². The summed E-state index contributed by atoms with van der Waals surface area (Å²) in [6.45, 7) is 3.64. The maximum absolute atomic E-state index is 5.58. The van der Waals surface area contributed by atoms with Crippen LogP contribution in [0.4, 0.5) is 0 Å². The van der Waals surface area contributed by atoms with Gasteiger partial charge in [-0.3, -0.25) is 0 Å². The molecule has 0 aliphatic carbocycles. The molecule has 0 saturated heterocycles. The highest BCUT2D eigenvalue weighted by Gasteiger charge is 2.29. The molecule has 14 heavy (non-hydrogen) atoms. The third-order valence-electron chi connectivity index (χ3n) is 2.09. The molecule has 0 atom stereocenters. The van der Waals surface area contributed by atoms with Crippen molar-refractivity contribution >= 4 is 23.0 Å². The van der Waals surface area contributed by atoms with Crippen LogP contribution in [0.25, 0.3) is 0 Å². The Morgan fingerprint density at radius 1 is 1.43 bits per heavy atom. The molecule has 0 fully saturated rings. The monoisotopic (exact) mass is 252 g/mol. The molecule has 0 bridgehead atoms. The van der Waals surface area contributed by atoms with E-state index >= 15 is 0 Å². The Kier molecular flexibility index (Phi) is 2.82. The summed E-state index contributed by atoms with van der Waals surface area (Å²) in [4.78, 5) is 0. The minimum Gasteiger partial charge on any atom is -0.520 e. The van der Waals surface area contributed by atoms with Crippen LogP contribution in [0.3, 0.4) is 0 Å². The molecule has 4 heteroatoms. The van der Waals surface area contributed by atoms with E-state index in [0.717, 1.165) is 23.2 Å². The second kappa shape index (κ2) is 4.09. The van der Waals surface area contributed by atoms with Crippen LogP contribution in [0.5, 0.6) is 11.5 Å². The Hall–Kier alpha value is -0.895. The largest absolute Gasteiger partial charge is 0.624 e. The van der Waals surface area contributed by atoms with E-state index in [2.05, 4.69) is 28.6 Å². The lowest BCUT2D eigenvalue weighted by molar-refractivity contribution is 0.515. The predicted molar refractivity (Wildman–Crippen MR) is 61.1 cm³/mol. The van der Waals surface area contributed by atoms with Crippen LogP contribution < -0.4 is 9.31 Å². The Morgan fingerprint density at radius 2 is 2.29 bits per heavy atom. The van der Waals surface area contributed by atoms with E-state index in [-0.39, 0.29) is 7.12 Å². The molecule has 0 aromatic heterocycles. The molecule has 0 radical (unpaired) electrons. The van der Waals surface area contributed by atoms with Crippen molar-refractivity contribution in [3.63, 3.8) is 0 Å². The van der Waals surface area contributed by atoms with Crippen LogP contribution in [0.2, 0.25) is 0 Å².